The summed E-state index contributed by atoms with van der Waals surface area (Å²) in [4.78, 5) is 14.1. The van der Waals surface area contributed by atoms with Crippen LogP contribution in [0.1, 0.15) is 16.9 Å². The van der Waals surface area contributed by atoms with Crippen LogP contribution in [0, 0.1) is 13.8 Å². The number of morpholine rings is 1. The molecule has 0 spiro atoms. The Morgan fingerprint density at radius 3 is 2.85 bits per heavy atom. The maximum absolute atomic E-state index is 12.0. The van der Waals surface area contributed by atoms with Crippen LogP contribution >= 0.6 is 15.9 Å². The van der Waals surface area contributed by atoms with Gasteiger partial charge in [0.15, 0.2) is 5.76 Å². The summed E-state index contributed by atoms with van der Waals surface area (Å²) in [6.45, 7) is 6.87. The number of benzene rings is 1. The summed E-state index contributed by atoms with van der Waals surface area (Å²) in [5, 5.41) is 6.72. The summed E-state index contributed by atoms with van der Waals surface area (Å²) in [5.74, 6) is 1.29. The van der Waals surface area contributed by atoms with E-state index in [1.807, 2.05) is 38.1 Å². The molecule has 0 aliphatic carbocycles. The highest BCUT2D eigenvalue weighted by Gasteiger charge is 2.18. The Bertz CT molecular complexity index is 813. The van der Waals surface area contributed by atoms with Crippen molar-refractivity contribution >= 4 is 39.7 Å². The zero-order valence-electron chi connectivity index (χ0n) is 14.7. The Kier molecular flexibility index (Phi) is 5.95. The van der Waals surface area contributed by atoms with Crippen molar-refractivity contribution in [2.75, 3.05) is 36.5 Å². The Balaban J connectivity index is 1.58. The SMILES string of the molecule is Cc1cccc(NC(=O)N/N=C/c2cc(Br)c(N3CCOCC3)o2)c1C. The van der Waals surface area contributed by atoms with Crippen LogP contribution in [-0.4, -0.2) is 38.5 Å². The van der Waals surface area contributed by atoms with E-state index >= 15 is 0 Å². The standard InChI is InChI=1S/C18H21BrN4O3/c1-12-4-3-5-16(13(12)2)21-18(24)22-20-11-14-10-15(19)17(26-14)23-6-8-25-9-7-23/h3-5,10-11H,6-9H2,1-2H3,(H2,21,22,24)/b20-11+. The number of hydrogen-bond donors (Lipinski definition) is 2. The first-order valence-electron chi connectivity index (χ1n) is 8.33. The third-order valence-electron chi connectivity index (χ3n) is 4.20. The fourth-order valence-electron chi connectivity index (χ4n) is 2.61. The van der Waals surface area contributed by atoms with Crippen LogP contribution < -0.4 is 15.6 Å². The summed E-state index contributed by atoms with van der Waals surface area (Å²) in [6, 6.07) is 7.16. The minimum Gasteiger partial charge on any atom is -0.438 e. The number of nitrogens with one attached hydrogen (secondary N) is 2. The van der Waals surface area contributed by atoms with Gasteiger partial charge in [0.1, 0.15) is 0 Å². The number of carbonyl (C=O) groups is 1. The average Bonchev–Trinajstić information content (AvgIpc) is 3.00. The molecule has 3 rings (SSSR count). The molecule has 0 saturated carbocycles. The lowest BCUT2D eigenvalue weighted by molar-refractivity contribution is 0.120. The van der Waals surface area contributed by atoms with Crippen LogP contribution in [0.4, 0.5) is 16.4 Å². The summed E-state index contributed by atoms with van der Waals surface area (Å²) >= 11 is 3.49. The minimum atomic E-state index is -0.408. The van der Waals surface area contributed by atoms with Crippen LogP contribution in [0.25, 0.3) is 0 Å². The van der Waals surface area contributed by atoms with E-state index in [-0.39, 0.29) is 0 Å². The molecule has 26 heavy (non-hydrogen) atoms. The highest BCUT2D eigenvalue weighted by atomic mass is 79.9. The summed E-state index contributed by atoms with van der Waals surface area (Å²) in [6.07, 6.45) is 1.47. The van der Waals surface area contributed by atoms with E-state index in [0.717, 1.165) is 40.3 Å². The number of rotatable bonds is 4. The van der Waals surface area contributed by atoms with Gasteiger partial charge in [-0.15, -0.1) is 0 Å². The summed E-state index contributed by atoms with van der Waals surface area (Å²) in [7, 11) is 0. The number of aryl methyl sites for hydroxylation is 1. The lowest BCUT2D eigenvalue weighted by atomic mass is 10.1. The van der Waals surface area contributed by atoms with Gasteiger partial charge in [0, 0.05) is 24.8 Å². The largest absolute Gasteiger partial charge is 0.438 e. The molecule has 0 atom stereocenters. The van der Waals surface area contributed by atoms with E-state index in [0.29, 0.717) is 19.0 Å². The first-order valence-corrected chi connectivity index (χ1v) is 9.12. The summed E-state index contributed by atoms with van der Waals surface area (Å²) in [5.41, 5.74) is 5.34. The number of amides is 2. The van der Waals surface area contributed by atoms with Gasteiger partial charge in [-0.1, -0.05) is 12.1 Å². The average molecular weight is 421 g/mol. The van der Waals surface area contributed by atoms with Crippen molar-refractivity contribution in [1.29, 1.82) is 0 Å². The third-order valence-corrected chi connectivity index (χ3v) is 4.76. The van der Waals surface area contributed by atoms with E-state index in [2.05, 4.69) is 36.7 Å². The molecule has 2 amide bonds. The molecule has 2 N–H and O–H groups in total. The lowest BCUT2D eigenvalue weighted by Gasteiger charge is -2.26. The maximum Gasteiger partial charge on any atom is 0.339 e. The predicted octanol–water partition coefficient (Wildman–Crippen LogP) is 3.65. The number of ether oxygens (including phenoxy) is 1. The highest BCUT2D eigenvalue weighted by Crippen LogP contribution is 2.30. The van der Waals surface area contributed by atoms with Gasteiger partial charge >= 0.3 is 6.03 Å². The molecule has 1 aliphatic heterocycles. The van der Waals surface area contributed by atoms with E-state index in [4.69, 9.17) is 9.15 Å². The number of nitrogens with zero attached hydrogens (tertiary/aromatic N) is 2. The van der Waals surface area contributed by atoms with E-state index in [9.17, 15) is 4.79 Å². The zero-order chi connectivity index (χ0) is 18.5. The number of halogens is 1. The molecule has 1 saturated heterocycles. The van der Waals surface area contributed by atoms with Gasteiger partial charge in [0.05, 0.1) is 23.9 Å². The smallest absolute Gasteiger partial charge is 0.339 e. The number of hydrogen-bond acceptors (Lipinski definition) is 5. The molecule has 0 radical (unpaired) electrons. The predicted molar refractivity (Wildman–Crippen MR) is 105 cm³/mol. The normalized spacial score (nSPS) is 14.7. The van der Waals surface area contributed by atoms with Crippen LogP contribution in [0.3, 0.4) is 0 Å². The third kappa shape index (κ3) is 4.44. The number of anilines is 2. The molecule has 1 aromatic carbocycles. The summed E-state index contributed by atoms with van der Waals surface area (Å²) < 4.78 is 12.0. The molecule has 2 aromatic rings. The molecule has 1 fully saturated rings. The number of hydrazone groups is 1. The van der Waals surface area contributed by atoms with Crippen molar-refractivity contribution in [1.82, 2.24) is 5.43 Å². The zero-order valence-corrected chi connectivity index (χ0v) is 16.3. The molecule has 138 valence electrons. The second-order valence-corrected chi connectivity index (χ2v) is 6.83. The first kappa shape index (κ1) is 18.5. The van der Waals surface area contributed by atoms with Crippen LogP contribution in [-0.2, 0) is 4.74 Å². The Morgan fingerprint density at radius 1 is 1.31 bits per heavy atom. The van der Waals surface area contributed by atoms with Gasteiger partial charge in [-0.05, 0) is 47.0 Å². The fraction of sp³-hybridized carbons (Fsp3) is 0.333. The highest BCUT2D eigenvalue weighted by molar-refractivity contribution is 9.10. The molecular weight excluding hydrogens is 400 g/mol. The molecule has 1 aromatic heterocycles. The molecule has 7 nitrogen and oxygen atoms in total. The van der Waals surface area contributed by atoms with Crippen LogP contribution in [0.15, 0.2) is 38.3 Å². The Morgan fingerprint density at radius 2 is 2.08 bits per heavy atom. The Hall–Kier alpha value is -2.32. The molecule has 2 heterocycles. The number of furan rings is 1. The van der Waals surface area contributed by atoms with Crippen LogP contribution in [0.2, 0.25) is 0 Å². The lowest BCUT2D eigenvalue weighted by Crippen LogP contribution is -2.36. The number of carbonyl (C=O) groups excluding carboxylic acids is 1. The van der Waals surface area contributed by atoms with E-state index in [1.54, 1.807) is 0 Å². The minimum absolute atomic E-state index is 0.408. The van der Waals surface area contributed by atoms with Gasteiger partial charge in [-0.2, -0.15) is 5.10 Å². The van der Waals surface area contributed by atoms with Gasteiger partial charge < -0.3 is 19.4 Å². The molecule has 0 bridgehead atoms. The van der Waals surface area contributed by atoms with Crippen molar-refractivity contribution < 1.29 is 13.9 Å². The van der Waals surface area contributed by atoms with Crippen LogP contribution in [0.5, 0.6) is 0 Å². The van der Waals surface area contributed by atoms with Crippen molar-refractivity contribution in [2.24, 2.45) is 5.10 Å². The molecule has 1 aliphatic rings. The Labute approximate surface area is 160 Å². The van der Waals surface area contributed by atoms with Gasteiger partial charge in [0.2, 0.25) is 5.88 Å². The van der Waals surface area contributed by atoms with Crippen molar-refractivity contribution in [3.05, 3.63) is 45.6 Å². The van der Waals surface area contributed by atoms with Gasteiger partial charge in [-0.25, -0.2) is 10.2 Å². The van der Waals surface area contributed by atoms with E-state index in [1.165, 1.54) is 6.21 Å². The monoisotopic (exact) mass is 420 g/mol. The molecule has 0 unspecified atom stereocenters. The first-order chi connectivity index (χ1) is 12.5. The quantitative estimate of drug-likeness (QED) is 0.584. The maximum atomic E-state index is 12.0. The fourth-order valence-corrected chi connectivity index (χ4v) is 3.17. The van der Waals surface area contributed by atoms with Gasteiger partial charge in [-0.3, -0.25) is 0 Å². The van der Waals surface area contributed by atoms with E-state index < -0.39 is 6.03 Å². The molecular formula is C18H21BrN4O3. The van der Waals surface area contributed by atoms with Gasteiger partial charge in [0.25, 0.3) is 0 Å². The second kappa shape index (κ2) is 8.37. The van der Waals surface area contributed by atoms with Crippen molar-refractivity contribution in [3.8, 4) is 0 Å². The van der Waals surface area contributed by atoms with Crippen molar-refractivity contribution in [3.63, 3.8) is 0 Å². The molecule has 8 heteroatoms. The second-order valence-electron chi connectivity index (χ2n) is 5.97. The number of urea groups is 1. The topological polar surface area (TPSA) is 79.1 Å². The van der Waals surface area contributed by atoms with Crippen molar-refractivity contribution in [2.45, 2.75) is 13.8 Å².